The molecule has 0 N–H and O–H groups in total. The number of para-hydroxylation sites is 1. The molecule has 0 unspecified atom stereocenters. The van der Waals surface area contributed by atoms with Gasteiger partial charge in [0, 0.05) is 17.8 Å². The predicted octanol–water partition coefficient (Wildman–Crippen LogP) is 5.19. The fraction of sp³-hybridized carbons (Fsp3) is 0. The number of benzene rings is 2. The first kappa shape index (κ1) is 12.7. The van der Waals surface area contributed by atoms with Gasteiger partial charge in [-0.1, -0.05) is 60.1 Å². The Kier molecular flexibility index (Phi) is 3.66. The summed E-state index contributed by atoms with van der Waals surface area (Å²) in [4.78, 5) is 3.95. The van der Waals surface area contributed by atoms with Gasteiger partial charge >= 0.3 is 0 Å². The molecule has 0 aliphatic heterocycles. The summed E-state index contributed by atoms with van der Waals surface area (Å²) < 4.78 is 5.92. The Bertz CT molecular complexity index is 713. The van der Waals surface area contributed by atoms with Gasteiger partial charge in [0.25, 0.3) is 0 Å². The maximum atomic E-state index is 5.92. The summed E-state index contributed by atoms with van der Waals surface area (Å²) in [5.41, 5.74) is 2.16. The molecule has 3 rings (SSSR count). The zero-order valence-corrected chi connectivity index (χ0v) is 11.4. The van der Waals surface area contributed by atoms with Crippen LogP contribution in [0.4, 0.5) is 0 Å². The van der Waals surface area contributed by atoms with E-state index < -0.39 is 0 Å². The SMILES string of the molecule is Clc1cc(Oc2ccccc2-c2ccccc2)ccn1. The van der Waals surface area contributed by atoms with Gasteiger partial charge in [-0.15, -0.1) is 0 Å². The van der Waals surface area contributed by atoms with E-state index in [0.29, 0.717) is 10.9 Å². The van der Waals surface area contributed by atoms with Crippen molar-refractivity contribution in [2.75, 3.05) is 0 Å². The fourth-order valence-electron chi connectivity index (χ4n) is 1.99. The summed E-state index contributed by atoms with van der Waals surface area (Å²) in [5, 5.41) is 0.416. The molecule has 20 heavy (non-hydrogen) atoms. The molecule has 3 aromatic rings. The smallest absolute Gasteiger partial charge is 0.135 e. The van der Waals surface area contributed by atoms with Crippen molar-refractivity contribution in [3.05, 3.63) is 78.1 Å². The predicted molar refractivity (Wildman–Crippen MR) is 81.2 cm³/mol. The summed E-state index contributed by atoms with van der Waals surface area (Å²) in [5.74, 6) is 1.47. The number of nitrogens with zero attached hydrogens (tertiary/aromatic N) is 1. The third-order valence-electron chi connectivity index (χ3n) is 2.90. The standard InChI is InChI=1S/C17H12ClNO/c18-17-12-14(10-11-19-17)20-16-9-5-4-8-15(16)13-6-2-1-3-7-13/h1-12H. The lowest BCUT2D eigenvalue weighted by atomic mass is 10.1. The molecule has 0 bridgehead atoms. The van der Waals surface area contributed by atoms with E-state index in [0.717, 1.165) is 16.9 Å². The monoisotopic (exact) mass is 281 g/mol. The van der Waals surface area contributed by atoms with Crippen LogP contribution < -0.4 is 4.74 Å². The van der Waals surface area contributed by atoms with E-state index in [4.69, 9.17) is 16.3 Å². The second-order valence-electron chi connectivity index (χ2n) is 4.28. The van der Waals surface area contributed by atoms with Crippen LogP contribution in [0, 0.1) is 0 Å². The summed E-state index contributed by atoms with van der Waals surface area (Å²) >= 11 is 5.88. The van der Waals surface area contributed by atoms with Gasteiger partial charge in [-0.25, -0.2) is 4.98 Å². The van der Waals surface area contributed by atoms with Crippen molar-refractivity contribution in [2.24, 2.45) is 0 Å². The lowest BCUT2D eigenvalue weighted by Gasteiger charge is -2.11. The molecular formula is C17H12ClNO. The second-order valence-corrected chi connectivity index (χ2v) is 4.67. The van der Waals surface area contributed by atoms with Crippen molar-refractivity contribution in [3.63, 3.8) is 0 Å². The molecule has 0 fully saturated rings. The van der Waals surface area contributed by atoms with Crippen molar-refractivity contribution in [3.8, 4) is 22.6 Å². The molecule has 0 saturated heterocycles. The Morgan fingerprint density at radius 3 is 2.40 bits per heavy atom. The summed E-state index contributed by atoms with van der Waals surface area (Å²) in [6, 6.07) is 21.5. The normalized spacial score (nSPS) is 10.2. The van der Waals surface area contributed by atoms with Gasteiger partial charge in [-0.05, 0) is 17.7 Å². The molecule has 2 nitrogen and oxygen atoms in total. The molecule has 0 radical (unpaired) electrons. The number of hydrogen-bond donors (Lipinski definition) is 0. The maximum absolute atomic E-state index is 5.92. The van der Waals surface area contributed by atoms with Crippen molar-refractivity contribution < 1.29 is 4.74 Å². The molecule has 98 valence electrons. The van der Waals surface area contributed by atoms with E-state index >= 15 is 0 Å². The zero-order valence-electron chi connectivity index (χ0n) is 10.7. The molecule has 0 aliphatic rings. The molecule has 0 aliphatic carbocycles. The Labute approximate surface area is 122 Å². The van der Waals surface area contributed by atoms with Gasteiger partial charge in [0.2, 0.25) is 0 Å². The van der Waals surface area contributed by atoms with Crippen molar-refractivity contribution in [2.45, 2.75) is 0 Å². The number of hydrogen-bond acceptors (Lipinski definition) is 2. The molecule has 3 heteroatoms. The Balaban J connectivity index is 1.99. The minimum Gasteiger partial charge on any atom is -0.457 e. The molecular weight excluding hydrogens is 270 g/mol. The van der Waals surface area contributed by atoms with Crippen molar-refractivity contribution in [1.82, 2.24) is 4.98 Å². The Morgan fingerprint density at radius 2 is 1.60 bits per heavy atom. The van der Waals surface area contributed by atoms with Crippen molar-refractivity contribution in [1.29, 1.82) is 0 Å². The average Bonchev–Trinajstić information content (AvgIpc) is 2.49. The minimum atomic E-state index is 0.416. The van der Waals surface area contributed by atoms with Gasteiger partial charge in [0.05, 0.1) is 0 Å². The molecule has 0 spiro atoms. The molecule has 0 saturated carbocycles. The summed E-state index contributed by atoms with van der Waals surface area (Å²) in [6.07, 6.45) is 1.63. The molecule has 1 aromatic heterocycles. The number of halogens is 1. The van der Waals surface area contributed by atoms with Gasteiger partial charge < -0.3 is 4.74 Å². The maximum Gasteiger partial charge on any atom is 0.135 e. The quantitative estimate of drug-likeness (QED) is 0.616. The first-order valence-electron chi connectivity index (χ1n) is 6.27. The number of ether oxygens (including phenoxy) is 1. The summed E-state index contributed by atoms with van der Waals surface area (Å²) in [7, 11) is 0. The van der Waals surface area contributed by atoms with Crippen LogP contribution in [0.2, 0.25) is 5.15 Å². The van der Waals surface area contributed by atoms with E-state index in [1.165, 1.54) is 0 Å². The molecule has 0 amide bonds. The van der Waals surface area contributed by atoms with E-state index in [-0.39, 0.29) is 0 Å². The van der Waals surface area contributed by atoms with E-state index in [2.05, 4.69) is 17.1 Å². The number of pyridine rings is 1. The second kappa shape index (κ2) is 5.76. The molecule has 0 atom stereocenters. The van der Waals surface area contributed by atoms with E-state index in [9.17, 15) is 0 Å². The third-order valence-corrected chi connectivity index (χ3v) is 3.10. The molecule has 2 aromatic carbocycles. The largest absolute Gasteiger partial charge is 0.457 e. The minimum absolute atomic E-state index is 0.416. The average molecular weight is 282 g/mol. The fourth-order valence-corrected chi connectivity index (χ4v) is 2.15. The van der Waals surface area contributed by atoms with E-state index in [1.54, 1.807) is 18.3 Å². The van der Waals surface area contributed by atoms with E-state index in [1.807, 2.05) is 42.5 Å². The highest BCUT2D eigenvalue weighted by atomic mass is 35.5. The number of aromatic nitrogens is 1. The lowest BCUT2D eigenvalue weighted by Crippen LogP contribution is -1.88. The van der Waals surface area contributed by atoms with Crippen LogP contribution in [0.25, 0.3) is 11.1 Å². The Hall–Kier alpha value is -2.32. The van der Waals surface area contributed by atoms with Crippen molar-refractivity contribution >= 4 is 11.6 Å². The van der Waals surface area contributed by atoms with Gasteiger partial charge in [-0.2, -0.15) is 0 Å². The molecule has 1 heterocycles. The third kappa shape index (κ3) is 2.81. The zero-order chi connectivity index (χ0) is 13.8. The first-order valence-corrected chi connectivity index (χ1v) is 6.64. The Morgan fingerprint density at radius 1 is 0.850 bits per heavy atom. The summed E-state index contributed by atoms with van der Waals surface area (Å²) in [6.45, 7) is 0. The number of rotatable bonds is 3. The van der Waals surface area contributed by atoms with Gasteiger partial charge in [0.15, 0.2) is 0 Å². The lowest BCUT2D eigenvalue weighted by molar-refractivity contribution is 0.484. The highest BCUT2D eigenvalue weighted by Crippen LogP contribution is 2.33. The van der Waals surface area contributed by atoms with Crippen LogP contribution in [0.5, 0.6) is 11.5 Å². The van der Waals surface area contributed by atoms with Crippen LogP contribution in [0.3, 0.4) is 0 Å². The van der Waals surface area contributed by atoms with Gasteiger partial charge in [-0.3, -0.25) is 0 Å². The van der Waals surface area contributed by atoms with Crippen LogP contribution in [0.1, 0.15) is 0 Å². The van der Waals surface area contributed by atoms with Crippen LogP contribution in [-0.2, 0) is 0 Å². The van der Waals surface area contributed by atoms with Gasteiger partial charge in [0.1, 0.15) is 16.7 Å². The van der Waals surface area contributed by atoms with Crippen LogP contribution in [-0.4, -0.2) is 4.98 Å². The first-order chi connectivity index (χ1) is 9.83. The highest BCUT2D eigenvalue weighted by Gasteiger charge is 2.06. The van der Waals surface area contributed by atoms with Crippen LogP contribution in [0.15, 0.2) is 72.9 Å². The topological polar surface area (TPSA) is 22.1 Å². The highest BCUT2D eigenvalue weighted by molar-refractivity contribution is 6.29. The van der Waals surface area contributed by atoms with Crippen LogP contribution >= 0.6 is 11.6 Å².